The average Bonchev–Trinajstić information content (AvgIpc) is 2.46. The van der Waals surface area contributed by atoms with Crippen molar-refractivity contribution in [1.29, 1.82) is 0 Å². The fraction of sp³-hybridized carbons (Fsp3) is 0.312. The van der Waals surface area contributed by atoms with Gasteiger partial charge in [-0.25, -0.2) is 13.4 Å². The maximum absolute atomic E-state index is 11.8. The Balaban J connectivity index is 1.83. The summed E-state index contributed by atoms with van der Waals surface area (Å²) >= 11 is 0. The van der Waals surface area contributed by atoms with Crippen LogP contribution in [0.3, 0.4) is 0 Å². The second-order valence-electron chi connectivity index (χ2n) is 5.48. The van der Waals surface area contributed by atoms with E-state index in [4.69, 9.17) is 0 Å². The molecule has 0 aliphatic heterocycles. The number of anilines is 1. The Kier molecular flexibility index (Phi) is 3.68. The van der Waals surface area contributed by atoms with Gasteiger partial charge in [-0.05, 0) is 42.5 Å². The van der Waals surface area contributed by atoms with E-state index >= 15 is 0 Å². The van der Waals surface area contributed by atoms with Gasteiger partial charge in [0, 0.05) is 18.5 Å². The zero-order valence-corrected chi connectivity index (χ0v) is 12.7. The molecule has 0 radical (unpaired) electrons. The molecule has 1 N–H and O–H groups in total. The minimum atomic E-state index is -3.27. The SMILES string of the molecule is CS(=O)(=O)c1cccnc1NC1CCc2ccccc2C1. The Bertz CT molecular complexity index is 756. The molecule has 0 bridgehead atoms. The molecule has 0 amide bonds. The van der Waals surface area contributed by atoms with Crippen molar-refractivity contribution in [3.8, 4) is 0 Å². The summed E-state index contributed by atoms with van der Waals surface area (Å²) in [6.45, 7) is 0. The number of sulfone groups is 1. The molecule has 1 aromatic heterocycles. The maximum atomic E-state index is 11.8. The molecule has 1 aromatic carbocycles. The molecule has 2 aromatic rings. The lowest BCUT2D eigenvalue weighted by Crippen LogP contribution is -2.28. The first-order chi connectivity index (χ1) is 10.0. The van der Waals surface area contributed by atoms with Gasteiger partial charge in [0.15, 0.2) is 9.84 Å². The van der Waals surface area contributed by atoms with Crippen LogP contribution in [-0.4, -0.2) is 25.7 Å². The third-order valence-corrected chi connectivity index (χ3v) is 4.99. The molecule has 3 rings (SSSR count). The van der Waals surface area contributed by atoms with Crippen molar-refractivity contribution in [2.45, 2.75) is 30.2 Å². The molecule has 1 heterocycles. The van der Waals surface area contributed by atoms with Gasteiger partial charge in [0.25, 0.3) is 0 Å². The van der Waals surface area contributed by atoms with E-state index in [9.17, 15) is 8.42 Å². The van der Waals surface area contributed by atoms with Crippen LogP contribution in [0.1, 0.15) is 17.5 Å². The monoisotopic (exact) mass is 302 g/mol. The number of nitrogens with one attached hydrogen (secondary N) is 1. The van der Waals surface area contributed by atoms with E-state index in [1.54, 1.807) is 18.3 Å². The Labute approximate surface area is 125 Å². The number of nitrogens with zero attached hydrogens (tertiary/aromatic N) is 1. The number of benzene rings is 1. The normalized spacial score (nSPS) is 18.0. The molecule has 110 valence electrons. The van der Waals surface area contributed by atoms with Gasteiger partial charge in [-0.15, -0.1) is 0 Å². The van der Waals surface area contributed by atoms with Crippen molar-refractivity contribution >= 4 is 15.7 Å². The number of rotatable bonds is 3. The van der Waals surface area contributed by atoms with Crippen LogP contribution in [0.2, 0.25) is 0 Å². The largest absolute Gasteiger partial charge is 0.366 e. The van der Waals surface area contributed by atoms with Crippen molar-refractivity contribution in [3.05, 3.63) is 53.7 Å². The van der Waals surface area contributed by atoms with E-state index in [2.05, 4.69) is 28.5 Å². The van der Waals surface area contributed by atoms with Crippen LogP contribution in [0.5, 0.6) is 0 Å². The molecular weight excluding hydrogens is 284 g/mol. The zero-order chi connectivity index (χ0) is 14.9. The Morgan fingerprint density at radius 1 is 1.14 bits per heavy atom. The summed E-state index contributed by atoms with van der Waals surface area (Å²) in [4.78, 5) is 4.47. The first-order valence-electron chi connectivity index (χ1n) is 7.02. The predicted molar refractivity (Wildman–Crippen MR) is 83.2 cm³/mol. The van der Waals surface area contributed by atoms with E-state index in [0.29, 0.717) is 5.82 Å². The highest BCUT2D eigenvalue weighted by Crippen LogP contribution is 2.25. The van der Waals surface area contributed by atoms with Crippen LogP contribution in [0.15, 0.2) is 47.5 Å². The zero-order valence-electron chi connectivity index (χ0n) is 11.9. The quantitative estimate of drug-likeness (QED) is 0.946. The van der Waals surface area contributed by atoms with Crippen LogP contribution in [0, 0.1) is 0 Å². The lowest BCUT2D eigenvalue weighted by atomic mass is 9.88. The third-order valence-electron chi connectivity index (χ3n) is 3.86. The number of pyridine rings is 1. The standard InChI is InChI=1S/C16H18N2O2S/c1-21(19,20)15-7-4-10-17-16(15)18-14-9-8-12-5-2-3-6-13(12)11-14/h2-7,10,14H,8-9,11H2,1H3,(H,17,18). The highest BCUT2D eigenvalue weighted by atomic mass is 32.2. The summed E-state index contributed by atoms with van der Waals surface area (Å²) in [6, 6.07) is 11.9. The van der Waals surface area contributed by atoms with Gasteiger partial charge in [-0.3, -0.25) is 0 Å². The molecular formula is C16H18N2O2S. The topological polar surface area (TPSA) is 59.1 Å². The molecule has 21 heavy (non-hydrogen) atoms. The Morgan fingerprint density at radius 2 is 1.90 bits per heavy atom. The van der Waals surface area contributed by atoms with Gasteiger partial charge >= 0.3 is 0 Å². The summed E-state index contributed by atoms with van der Waals surface area (Å²) in [6.07, 6.45) is 5.72. The van der Waals surface area contributed by atoms with Gasteiger partial charge in [0.2, 0.25) is 0 Å². The smallest absolute Gasteiger partial charge is 0.179 e. The lowest BCUT2D eigenvalue weighted by molar-refractivity contribution is 0.596. The van der Waals surface area contributed by atoms with E-state index < -0.39 is 9.84 Å². The molecule has 0 spiro atoms. The first kappa shape index (κ1) is 14.1. The Hall–Kier alpha value is -1.88. The molecule has 0 fully saturated rings. The molecule has 0 saturated carbocycles. The summed E-state index contributed by atoms with van der Waals surface area (Å²) in [7, 11) is -3.27. The molecule has 4 nitrogen and oxygen atoms in total. The predicted octanol–water partition coefficient (Wildman–Crippen LogP) is 2.45. The number of aromatic nitrogens is 1. The van der Waals surface area contributed by atoms with Crippen LogP contribution in [-0.2, 0) is 22.7 Å². The van der Waals surface area contributed by atoms with Crippen LogP contribution in [0.4, 0.5) is 5.82 Å². The molecule has 1 atom stereocenters. The fourth-order valence-electron chi connectivity index (χ4n) is 2.81. The Morgan fingerprint density at radius 3 is 2.67 bits per heavy atom. The van der Waals surface area contributed by atoms with E-state index in [-0.39, 0.29) is 10.9 Å². The molecule has 1 aliphatic carbocycles. The molecule has 0 saturated heterocycles. The highest BCUT2D eigenvalue weighted by molar-refractivity contribution is 7.90. The highest BCUT2D eigenvalue weighted by Gasteiger charge is 2.21. The van der Waals surface area contributed by atoms with Crippen molar-refractivity contribution in [3.63, 3.8) is 0 Å². The van der Waals surface area contributed by atoms with Gasteiger partial charge < -0.3 is 5.32 Å². The lowest BCUT2D eigenvalue weighted by Gasteiger charge is -2.26. The number of aryl methyl sites for hydroxylation is 1. The van der Waals surface area contributed by atoms with Crippen molar-refractivity contribution in [2.75, 3.05) is 11.6 Å². The van der Waals surface area contributed by atoms with E-state index in [1.165, 1.54) is 17.4 Å². The third kappa shape index (κ3) is 3.08. The molecule has 1 aliphatic rings. The van der Waals surface area contributed by atoms with Gasteiger partial charge in [0.05, 0.1) is 0 Å². The van der Waals surface area contributed by atoms with Crippen molar-refractivity contribution in [2.24, 2.45) is 0 Å². The minimum absolute atomic E-state index is 0.218. The average molecular weight is 302 g/mol. The van der Waals surface area contributed by atoms with E-state index in [1.807, 2.05) is 6.07 Å². The van der Waals surface area contributed by atoms with E-state index in [0.717, 1.165) is 19.3 Å². The van der Waals surface area contributed by atoms with Gasteiger partial charge in [-0.2, -0.15) is 0 Å². The van der Waals surface area contributed by atoms with Crippen molar-refractivity contribution < 1.29 is 8.42 Å². The van der Waals surface area contributed by atoms with Crippen LogP contribution >= 0.6 is 0 Å². The number of fused-ring (bicyclic) bond motifs is 1. The summed E-state index contributed by atoms with van der Waals surface area (Å²) in [5.41, 5.74) is 2.72. The summed E-state index contributed by atoms with van der Waals surface area (Å²) in [5, 5.41) is 3.31. The molecule has 1 unspecified atom stereocenters. The fourth-order valence-corrected chi connectivity index (χ4v) is 3.60. The van der Waals surface area contributed by atoms with Crippen LogP contribution in [0.25, 0.3) is 0 Å². The van der Waals surface area contributed by atoms with Gasteiger partial charge in [0.1, 0.15) is 10.7 Å². The summed E-state index contributed by atoms with van der Waals surface area (Å²) in [5.74, 6) is 0.462. The second kappa shape index (κ2) is 5.48. The summed E-state index contributed by atoms with van der Waals surface area (Å²) < 4.78 is 23.6. The first-order valence-corrected chi connectivity index (χ1v) is 8.91. The maximum Gasteiger partial charge on any atom is 0.179 e. The second-order valence-corrected chi connectivity index (χ2v) is 7.46. The number of hydrogen-bond donors (Lipinski definition) is 1. The minimum Gasteiger partial charge on any atom is -0.366 e. The number of hydrogen-bond acceptors (Lipinski definition) is 4. The van der Waals surface area contributed by atoms with Crippen LogP contribution < -0.4 is 5.32 Å². The van der Waals surface area contributed by atoms with Gasteiger partial charge in [-0.1, -0.05) is 24.3 Å². The van der Waals surface area contributed by atoms with Crippen molar-refractivity contribution in [1.82, 2.24) is 4.98 Å². The molecule has 5 heteroatoms.